The van der Waals surface area contributed by atoms with Gasteiger partial charge in [0, 0.05) is 38.9 Å². The van der Waals surface area contributed by atoms with Gasteiger partial charge in [-0.3, -0.25) is 4.84 Å². The molecule has 0 unspecified atom stereocenters. The Bertz CT molecular complexity index is 702. The van der Waals surface area contributed by atoms with Crippen LogP contribution in [0.25, 0.3) is 0 Å². The van der Waals surface area contributed by atoms with Crippen LogP contribution in [0.4, 0.5) is 10.6 Å². The van der Waals surface area contributed by atoms with Gasteiger partial charge in [-0.05, 0) is 30.3 Å². The normalized spacial score (nSPS) is 14.9. The van der Waals surface area contributed by atoms with Crippen LogP contribution in [-0.2, 0) is 18.0 Å². The Labute approximate surface area is 153 Å². The number of carbonyl (C=O) groups is 1. The van der Waals surface area contributed by atoms with Crippen molar-refractivity contribution < 1.29 is 9.63 Å². The predicted molar refractivity (Wildman–Crippen MR) is 101 cm³/mol. The number of amides is 2. The number of aromatic nitrogens is 1. The van der Waals surface area contributed by atoms with E-state index in [2.05, 4.69) is 32.6 Å². The first-order valence-electron chi connectivity index (χ1n) is 8.79. The van der Waals surface area contributed by atoms with Crippen molar-refractivity contribution in [3.63, 3.8) is 0 Å². The van der Waals surface area contributed by atoms with Gasteiger partial charge in [-0.25, -0.2) is 15.3 Å². The van der Waals surface area contributed by atoms with E-state index in [0.29, 0.717) is 13.2 Å². The molecule has 7 heteroatoms. The summed E-state index contributed by atoms with van der Waals surface area (Å²) in [6.45, 7) is 4.75. The molecule has 0 atom stereocenters. The van der Waals surface area contributed by atoms with E-state index < -0.39 is 0 Å². The third-order valence-electron chi connectivity index (χ3n) is 4.34. The van der Waals surface area contributed by atoms with Crippen molar-refractivity contribution in [2.45, 2.75) is 13.2 Å². The molecule has 0 aliphatic carbocycles. The van der Waals surface area contributed by atoms with E-state index in [9.17, 15) is 4.79 Å². The monoisotopic (exact) mass is 355 g/mol. The topological polar surface area (TPSA) is 69.7 Å². The van der Waals surface area contributed by atoms with Crippen LogP contribution in [0.15, 0.2) is 48.7 Å². The molecule has 1 aliphatic rings. The summed E-state index contributed by atoms with van der Waals surface area (Å²) in [5, 5.41) is 2.79. The van der Waals surface area contributed by atoms with E-state index in [1.807, 2.05) is 42.5 Å². The van der Waals surface area contributed by atoms with Crippen LogP contribution in [0.3, 0.4) is 0 Å². The molecular formula is C19H25N5O2. The molecule has 2 heterocycles. The summed E-state index contributed by atoms with van der Waals surface area (Å²) in [6, 6.07) is 13.3. The Hall–Kier alpha value is -2.64. The third kappa shape index (κ3) is 5.44. The van der Waals surface area contributed by atoms with Crippen LogP contribution in [0.1, 0.15) is 11.1 Å². The standard InChI is InChI=1S/C19H25N5O2/c1-23-9-11-24(12-10-23)18-13-17(7-8-20-18)14-21-19(25)22-26-15-16-5-3-2-4-6-16/h2-8,13H,9-12,14-15H2,1H3,(H2,21,22,25). The Balaban J connectivity index is 1.42. The fourth-order valence-corrected chi connectivity index (χ4v) is 2.76. The number of carbonyl (C=O) groups excluding carboxylic acids is 1. The highest BCUT2D eigenvalue weighted by Crippen LogP contribution is 2.14. The van der Waals surface area contributed by atoms with Crippen molar-refractivity contribution in [2.75, 3.05) is 38.1 Å². The maximum Gasteiger partial charge on any atom is 0.338 e. The van der Waals surface area contributed by atoms with E-state index >= 15 is 0 Å². The van der Waals surface area contributed by atoms with Gasteiger partial charge in [0.15, 0.2) is 0 Å². The summed E-state index contributed by atoms with van der Waals surface area (Å²) in [6.07, 6.45) is 1.79. The van der Waals surface area contributed by atoms with Gasteiger partial charge >= 0.3 is 6.03 Å². The summed E-state index contributed by atoms with van der Waals surface area (Å²) in [7, 11) is 2.13. The Morgan fingerprint density at radius 1 is 1.12 bits per heavy atom. The lowest BCUT2D eigenvalue weighted by atomic mass is 10.2. The molecule has 138 valence electrons. The lowest BCUT2D eigenvalue weighted by Crippen LogP contribution is -2.44. The van der Waals surface area contributed by atoms with Crippen LogP contribution in [0.5, 0.6) is 0 Å². The first kappa shape index (κ1) is 18.2. The smallest absolute Gasteiger partial charge is 0.338 e. The third-order valence-corrected chi connectivity index (χ3v) is 4.34. The van der Waals surface area contributed by atoms with Crippen LogP contribution >= 0.6 is 0 Å². The van der Waals surface area contributed by atoms with E-state index in [1.54, 1.807) is 6.20 Å². The number of rotatable bonds is 6. The molecule has 1 aromatic heterocycles. The molecule has 1 fully saturated rings. The number of urea groups is 1. The second kappa shape index (κ2) is 9.17. The van der Waals surface area contributed by atoms with Crippen molar-refractivity contribution in [1.29, 1.82) is 0 Å². The highest BCUT2D eigenvalue weighted by molar-refractivity contribution is 5.72. The Kier molecular flexibility index (Phi) is 6.40. The second-order valence-corrected chi connectivity index (χ2v) is 6.37. The summed E-state index contributed by atoms with van der Waals surface area (Å²) < 4.78 is 0. The summed E-state index contributed by atoms with van der Waals surface area (Å²) >= 11 is 0. The van der Waals surface area contributed by atoms with Crippen molar-refractivity contribution >= 4 is 11.8 Å². The number of likely N-dealkylation sites (N-methyl/N-ethyl adjacent to an activating group) is 1. The Morgan fingerprint density at radius 3 is 2.65 bits per heavy atom. The molecule has 7 nitrogen and oxygen atoms in total. The zero-order valence-electron chi connectivity index (χ0n) is 15.0. The first-order chi connectivity index (χ1) is 12.7. The number of nitrogens with zero attached hydrogens (tertiary/aromatic N) is 3. The van der Waals surface area contributed by atoms with Gasteiger partial charge in [0.05, 0.1) is 6.61 Å². The summed E-state index contributed by atoms with van der Waals surface area (Å²) in [4.78, 5) is 26.1. The van der Waals surface area contributed by atoms with Gasteiger partial charge in [0.25, 0.3) is 0 Å². The van der Waals surface area contributed by atoms with E-state index in [1.165, 1.54) is 0 Å². The van der Waals surface area contributed by atoms with Crippen molar-refractivity contribution in [2.24, 2.45) is 0 Å². The molecule has 3 rings (SSSR count). The molecule has 0 spiro atoms. The number of hydroxylamine groups is 1. The maximum absolute atomic E-state index is 11.9. The molecule has 2 amide bonds. The largest absolute Gasteiger partial charge is 0.354 e. The SMILES string of the molecule is CN1CCN(c2cc(CNC(=O)NOCc3ccccc3)ccn2)CC1. The van der Waals surface area contributed by atoms with Crippen LogP contribution in [-0.4, -0.2) is 49.1 Å². The van der Waals surface area contributed by atoms with Crippen LogP contribution < -0.4 is 15.7 Å². The molecule has 2 aromatic rings. The molecule has 0 saturated carbocycles. The van der Waals surface area contributed by atoms with Gasteiger partial charge < -0.3 is 15.1 Å². The van der Waals surface area contributed by atoms with Crippen molar-refractivity contribution in [1.82, 2.24) is 20.7 Å². The van der Waals surface area contributed by atoms with E-state index in [4.69, 9.17) is 4.84 Å². The lowest BCUT2D eigenvalue weighted by Gasteiger charge is -2.33. The minimum Gasteiger partial charge on any atom is -0.354 e. The molecule has 2 N–H and O–H groups in total. The number of hydrogen-bond donors (Lipinski definition) is 2. The highest BCUT2D eigenvalue weighted by Gasteiger charge is 2.15. The maximum atomic E-state index is 11.9. The minimum atomic E-state index is -0.362. The molecule has 1 aromatic carbocycles. The molecule has 0 radical (unpaired) electrons. The summed E-state index contributed by atoms with van der Waals surface area (Å²) in [5.41, 5.74) is 4.41. The zero-order valence-corrected chi connectivity index (χ0v) is 15.0. The number of anilines is 1. The van der Waals surface area contributed by atoms with Gasteiger partial charge in [-0.1, -0.05) is 30.3 Å². The number of nitrogens with one attached hydrogen (secondary N) is 2. The molecule has 0 bridgehead atoms. The van der Waals surface area contributed by atoms with Crippen LogP contribution in [0, 0.1) is 0 Å². The predicted octanol–water partition coefficient (Wildman–Crippen LogP) is 1.76. The minimum absolute atomic E-state index is 0.330. The first-order valence-corrected chi connectivity index (χ1v) is 8.79. The number of benzene rings is 1. The van der Waals surface area contributed by atoms with E-state index in [-0.39, 0.29) is 6.03 Å². The zero-order chi connectivity index (χ0) is 18.2. The lowest BCUT2D eigenvalue weighted by molar-refractivity contribution is 0.0490. The number of pyridine rings is 1. The van der Waals surface area contributed by atoms with E-state index in [0.717, 1.165) is 43.1 Å². The molecule has 1 aliphatic heterocycles. The quantitative estimate of drug-likeness (QED) is 0.773. The fourth-order valence-electron chi connectivity index (χ4n) is 2.76. The molecular weight excluding hydrogens is 330 g/mol. The highest BCUT2D eigenvalue weighted by atomic mass is 16.7. The van der Waals surface area contributed by atoms with Crippen molar-refractivity contribution in [3.05, 3.63) is 59.8 Å². The fraction of sp³-hybridized carbons (Fsp3) is 0.368. The average molecular weight is 355 g/mol. The summed E-state index contributed by atoms with van der Waals surface area (Å²) in [5.74, 6) is 0.957. The average Bonchev–Trinajstić information content (AvgIpc) is 2.68. The van der Waals surface area contributed by atoms with Gasteiger partial charge in [-0.2, -0.15) is 0 Å². The van der Waals surface area contributed by atoms with Gasteiger partial charge in [0.2, 0.25) is 0 Å². The molecule has 26 heavy (non-hydrogen) atoms. The van der Waals surface area contributed by atoms with Gasteiger partial charge in [0.1, 0.15) is 5.82 Å². The number of piperazine rings is 1. The number of hydrogen-bond acceptors (Lipinski definition) is 5. The van der Waals surface area contributed by atoms with Gasteiger partial charge in [-0.15, -0.1) is 0 Å². The Morgan fingerprint density at radius 2 is 1.88 bits per heavy atom. The molecule has 1 saturated heterocycles. The van der Waals surface area contributed by atoms with Crippen LogP contribution in [0.2, 0.25) is 0 Å². The second-order valence-electron chi connectivity index (χ2n) is 6.37. The van der Waals surface area contributed by atoms with Crippen molar-refractivity contribution in [3.8, 4) is 0 Å².